The van der Waals surface area contributed by atoms with Crippen molar-refractivity contribution < 1.29 is 4.79 Å². The smallest absolute Gasteiger partial charge is 0.228 e. The molecule has 1 amide bonds. The molecule has 0 bridgehead atoms. The molecule has 0 aliphatic rings. The van der Waals surface area contributed by atoms with Crippen molar-refractivity contribution >= 4 is 23.1 Å². The lowest BCUT2D eigenvalue weighted by molar-refractivity contribution is -0.115. The van der Waals surface area contributed by atoms with Crippen LogP contribution >= 0.6 is 0 Å². The van der Waals surface area contributed by atoms with Crippen LogP contribution in [0.3, 0.4) is 0 Å². The molecule has 3 N–H and O–H groups in total. The average Bonchev–Trinajstić information content (AvgIpc) is 2.41. The first-order valence-electron chi connectivity index (χ1n) is 6.33. The van der Waals surface area contributed by atoms with Gasteiger partial charge in [0.1, 0.15) is 0 Å². The van der Waals surface area contributed by atoms with Gasteiger partial charge in [-0.2, -0.15) is 0 Å². The number of hydrogen-bond acceptors (Lipinski definition) is 4. The number of rotatable bonds is 4. The van der Waals surface area contributed by atoms with Gasteiger partial charge in [-0.25, -0.2) is 4.98 Å². The first kappa shape index (κ1) is 13.9. The molecule has 0 radical (unpaired) electrons. The van der Waals surface area contributed by atoms with Crippen LogP contribution in [0, 0.1) is 0 Å². The predicted octanol–water partition coefficient (Wildman–Crippen LogP) is 1.91. The number of benzene rings is 1. The van der Waals surface area contributed by atoms with Gasteiger partial charge in [0.2, 0.25) is 5.91 Å². The molecule has 1 heterocycles. The minimum absolute atomic E-state index is 0.0779. The monoisotopic (exact) mass is 270 g/mol. The fraction of sp³-hybridized carbons (Fsp3) is 0.200. The lowest BCUT2D eigenvalue weighted by Crippen LogP contribution is -2.19. The summed E-state index contributed by atoms with van der Waals surface area (Å²) in [5.41, 5.74) is 7.94. The Bertz CT molecular complexity index is 593. The molecule has 1 aromatic heterocycles. The van der Waals surface area contributed by atoms with Crippen LogP contribution in [0.2, 0.25) is 0 Å². The summed E-state index contributed by atoms with van der Waals surface area (Å²) in [6.45, 7) is 0. The van der Waals surface area contributed by atoms with E-state index in [2.05, 4.69) is 10.3 Å². The topological polar surface area (TPSA) is 71.2 Å². The van der Waals surface area contributed by atoms with Gasteiger partial charge < -0.3 is 16.0 Å². The summed E-state index contributed by atoms with van der Waals surface area (Å²) in [7, 11) is 3.77. The van der Waals surface area contributed by atoms with E-state index < -0.39 is 0 Å². The molecule has 0 saturated heterocycles. The molecule has 2 rings (SSSR count). The molecule has 0 atom stereocenters. The first-order valence-corrected chi connectivity index (χ1v) is 6.33. The summed E-state index contributed by atoms with van der Waals surface area (Å²) >= 11 is 0. The van der Waals surface area contributed by atoms with E-state index >= 15 is 0 Å². The van der Waals surface area contributed by atoms with Gasteiger partial charge in [-0.15, -0.1) is 0 Å². The molecule has 5 heteroatoms. The summed E-state index contributed by atoms with van der Waals surface area (Å²) in [6.07, 6.45) is 2.01. The normalized spacial score (nSPS) is 10.1. The van der Waals surface area contributed by atoms with E-state index in [1.54, 1.807) is 24.4 Å². The van der Waals surface area contributed by atoms with Crippen LogP contribution in [-0.2, 0) is 11.2 Å². The van der Waals surface area contributed by atoms with Crippen LogP contribution in [0.1, 0.15) is 5.56 Å². The zero-order chi connectivity index (χ0) is 14.5. The largest absolute Gasteiger partial charge is 0.399 e. The summed E-state index contributed by atoms with van der Waals surface area (Å²) in [4.78, 5) is 18.2. The number of carbonyl (C=O) groups excluding carboxylic acids is 1. The third kappa shape index (κ3) is 3.47. The Morgan fingerprint density at radius 2 is 1.95 bits per heavy atom. The molecular formula is C15H18N4O. The van der Waals surface area contributed by atoms with E-state index in [1.165, 1.54) is 0 Å². The SMILES string of the molecule is CN(C)c1ncccc1NC(=O)Cc1ccc(N)cc1. The van der Waals surface area contributed by atoms with E-state index in [0.717, 1.165) is 11.4 Å². The van der Waals surface area contributed by atoms with Gasteiger partial charge in [-0.3, -0.25) is 4.79 Å². The van der Waals surface area contributed by atoms with Crippen molar-refractivity contribution in [3.63, 3.8) is 0 Å². The van der Waals surface area contributed by atoms with Crippen molar-refractivity contribution in [2.75, 3.05) is 30.0 Å². The molecule has 2 aromatic rings. The van der Waals surface area contributed by atoms with E-state index in [0.29, 0.717) is 17.8 Å². The summed E-state index contributed by atoms with van der Waals surface area (Å²) in [5.74, 6) is 0.657. The van der Waals surface area contributed by atoms with Gasteiger partial charge in [0.05, 0.1) is 12.1 Å². The number of nitrogens with zero attached hydrogens (tertiary/aromatic N) is 2. The van der Waals surface area contributed by atoms with Gasteiger partial charge in [0, 0.05) is 26.0 Å². The van der Waals surface area contributed by atoms with E-state index in [-0.39, 0.29) is 5.91 Å². The average molecular weight is 270 g/mol. The highest BCUT2D eigenvalue weighted by atomic mass is 16.1. The van der Waals surface area contributed by atoms with Crippen LogP contribution in [-0.4, -0.2) is 25.0 Å². The molecule has 0 unspecified atom stereocenters. The van der Waals surface area contributed by atoms with E-state index in [1.807, 2.05) is 37.2 Å². The summed E-state index contributed by atoms with van der Waals surface area (Å²) < 4.78 is 0. The van der Waals surface area contributed by atoms with Crippen LogP contribution in [0.25, 0.3) is 0 Å². The van der Waals surface area contributed by atoms with Gasteiger partial charge >= 0.3 is 0 Å². The molecule has 0 aliphatic carbocycles. The van der Waals surface area contributed by atoms with E-state index in [4.69, 9.17) is 5.73 Å². The Hall–Kier alpha value is -2.56. The number of nitrogens with two attached hydrogens (primary N) is 1. The summed E-state index contributed by atoms with van der Waals surface area (Å²) in [5, 5.41) is 2.88. The van der Waals surface area contributed by atoms with Crippen LogP contribution in [0.4, 0.5) is 17.2 Å². The molecule has 0 aliphatic heterocycles. The zero-order valence-corrected chi connectivity index (χ0v) is 11.6. The maximum absolute atomic E-state index is 12.1. The van der Waals surface area contributed by atoms with Gasteiger partial charge in [-0.1, -0.05) is 12.1 Å². The third-order valence-electron chi connectivity index (χ3n) is 2.83. The Morgan fingerprint density at radius 3 is 2.60 bits per heavy atom. The van der Waals surface area contributed by atoms with Crippen molar-refractivity contribution in [2.45, 2.75) is 6.42 Å². The molecule has 20 heavy (non-hydrogen) atoms. The molecule has 0 saturated carbocycles. The van der Waals surface area contributed by atoms with Crippen molar-refractivity contribution in [3.05, 3.63) is 48.2 Å². The lowest BCUT2D eigenvalue weighted by atomic mass is 10.1. The molecule has 104 valence electrons. The zero-order valence-electron chi connectivity index (χ0n) is 11.6. The highest BCUT2D eigenvalue weighted by Gasteiger charge is 2.09. The van der Waals surface area contributed by atoms with Crippen molar-refractivity contribution in [2.24, 2.45) is 0 Å². The minimum Gasteiger partial charge on any atom is -0.399 e. The fourth-order valence-electron chi connectivity index (χ4n) is 1.87. The Labute approximate surface area is 118 Å². The van der Waals surface area contributed by atoms with Crippen molar-refractivity contribution in [1.82, 2.24) is 4.98 Å². The number of carbonyl (C=O) groups is 1. The summed E-state index contributed by atoms with van der Waals surface area (Å²) in [6, 6.07) is 10.9. The molecule has 5 nitrogen and oxygen atoms in total. The highest BCUT2D eigenvalue weighted by molar-refractivity contribution is 5.94. The highest BCUT2D eigenvalue weighted by Crippen LogP contribution is 2.20. The predicted molar refractivity (Wildman–Crippen MR) is 81.8 cm³/mol. The van der Waals surface area contributed by atoms with Crippen LogP contribution in [0.5, 0.6) is 0 Å². The van der Waals surface area contributed by atoms with Gasteiger partial charge in [0.25, 0.3) is 0 Å². The van der Waals surface area contributed by atoms with Crippen LogP contribution < -0.4 is 16.0 Å². The molecule has 0 fully saturated rings. The number of hydrogen-bond donors (Lipinski definition) is 2. The molecular weight excluding hydrogens is 252 g/mol. The quantitative estimate of drug-likeness (QED) is 0.833. The first-order chi connectivity index (χ1) is 9.56. The minimum atomic E-state index is -0.0779. The molecule has 1 aromatic carbocycles. The number of anilines is 3. The Morgan fingerprint density at radius 1 is 1.25 bits per heavy atom. The number of nitrogen functional groups attached to an aromatic ring is 1. The van der Waals surface area contributed by atoms with E-state index in [9.17, 15) is 4.79 Å². The van der Waals surface area contributed by atoms with Crippen molar-refractivity contribution in [1.29, 1.82) is 0 Å². The second-order valence-corrected chi connectivity index (χ2v) is 4.74. The maximum atomic E-state index is 12.1. The Kier molecular flexibility index (Phi) is 4.20. The second-order valence-electron chi connectivity index (χ2n) is 4.74. The van der Waals surface area contributed by atoms with Gasteiger partial charge in [-0.05, 0) is 29.8 Å². The fourth-order valence-corrected chi connectivity index (χ4v) is 1.87. The maximum Gasteiger partial charge on any atom is 0.228 e. The third-order valence-corrected chi connectivity index (χ3v) is 2.83. The second kappa shape index (κ2) is 6.06. The number of aromatic nitrogens is 1. The molecule has 0 spiro atoms. The number of amides is 1. The lowest BCUT2D eigenvalue weighted by Gasteiger charge is -2.16. The van der Waals surface area contributed by atoms with Gasteiger partial charge in [0.15, 0.2) is 5.82 Å². The standard InChI is InChI=1S/C15H18N4O/c1-19(2)15-13(4-3-9-17-15)18-14(20)10-11-5-7-12(16)8-6-11/h3-9H,10,16H2,1-2H3,(H,18,20). The van der Waals surface area contributed by atoms with Crippen LogP contribution in [0.15, 0.2) is 42.6 Å². The number of nitrogens with one attached hydrogen (secondary N) is 1. The Balaban J connectivity index is 2.07. The van der Waals surface area contributed by atoms with Crippen molar-refractivity contribution in [3.8, 4) is 0 Å². The number of pyridine rings is 1.